The molecule has 2 atom stereocenters. The van der Waals surface area contributed by atoms with E-state index in [1.165, 1.54) is 10.8 Å². The third kappa shape index (κ3) is 3.27. The molecule has 5 rings (SSSR count). The maximum absolute atomic E-state index is 12.7. The van der Waals surface area contributed by atoms with Crippen molar-refractivity contribution < 1.29 is 4.79 Å². The highest BCUT2D eigenvalue weighted by molar-refractivity contribution is 7.99. The van der Waals surface area contributed by atoms with Gasteiger partial charge in [-0.15, -0.1) is 0 Å². The molecule has 2 aliphatic rings. The van der Waals surface area contributed by atoms with Crippen LogP contribution in [0.3, 0.4) is 0 Å². The molecule has 0 N–H and O–H groups in total. The summed E-state index contributed by atoms with van der Waals surface area (Å²) < 4.78 is 1.97. The van der Waals surface area contributed by atoms with E-state index in [-0.39, 0.29) is 17.4 Å². The van der Waals surface area contributed by atoms with Gasteiger partial charge in [-0.2, -0.15) is 11.8 Å². The second-order valence-electron chi connectivity index (χ2n) is 8.17. The smallest absolute Gasteiger partial charge is 0.250 e. The van der Waals surface area contributed by atoms with Gasteiger partial charge < -0.3 is 9.47 Å². The highest BCUT2D eigenvalue weighted by atomic mass is 32.2. The van der Waals surface area contributed by atoms with Crippen LogP contribution in [-0.2, 0) is 11.3 Å². The Kier molecular flexibility index (Phi) is 4.70. The first-order chi connectivity index (χ1) is 14.1. The number of nitrogens with zero attached hydrogens (tertiary/aromatic N) is 2. The molecule has 2 bridgehead atoms. The van der Waals surface area contributed by atoms with Gasteiger partial charge in [-0.3, -0.25) is 9.59 Å². The Morgan fingerprint density at radius 3 is 2.69 bits per heavy atom. The second kappa shape index (κ2) is 7.38. The third-order valence-corrected chi connectivity index (χ3v) is 6.81. The van der Waals surface area contributed by atoms with Crippen molar-refractivity contribution in [3.63, 3.8) is 0 Å². The number of piperidine rings is 1. The Morgan fingerprint density at radius 1 is 1.03 bits per heavy atom. The van der Waals surface area contributed by atoms with Gasteiger partial charge in [-0.1, -0.05) is 36.4 Å². The van der Waals surface area contributed by atoms with Gasteiger partial charge >= 0.3 is 0 Å². The van der Waals surface area contributed by atoms with Gasteiger partial charge in [0.1, 0.15) is 0 Å². The molecular formula is C24H24N2O2S. The minimum atomic E-state index is 0.0723. The molecule has 29 heavy (non-hydrogen) atoms. The van der Waals surface area contributed by atoms with Crippen molar-refractivity contribution in [3.05, 3.63) is 70.6 Å². The average Bonchev–Trinajstić information content (AvgIpc) is 2.74. The van der Waals surface area contributed by atoms with Gasteiger partial charge in [0, 0.05) is 42.9 Å². The van der Waals surface area contributed by atoms with Crippen molar-refractivity contribution in [3.8, 4) is 11.1 Å². The molecule has 1 aromatic heterocycles. The number of likely N-dealkylation sites (tertiary alicyclic amines) is 1. The molecule has 0 spiro atoms. The van der Waals surface area contributed by atoms with Crippen LogP contribution in [0.4, 0.5) is 0 Å². The Balaban J connectivity index is 1.60. The minimum Gasteiger partial charge on any atom is -0.341 e. The summed E-state index contributed by atoms with van der Waals surface area (Å²) in [7, 11) is 0. The van der Waals surface area contributed by atoms with Gasteiger partial charge in [0.15, 0.2) is 0 Å². The number of aromatic nitrogens is 1. The number of hydrogen-bond acceptors (Lipinski definition) is 3. The molecule has 2 aliphatic heterocycles. The normalized spacial score (nSPS) is 20.5. The maximum atomic E-state index is 12.7. The van der Waals surface area contributed by atoms with Gasteiger partial charge in [0.25, 0.3) is 5.56 Å². The van der Waals surface area contributed by atoms with E-state index in [4.69, 9.17) is 0 Å². The average molecular weight is 405 g/mol. The zero-order chi connectivity index (χ0) is 20.0. The SMILES string of the molecule is CSCC(=O)N1C[C@@H]2C[C@H](C1)c1c(-c3ccc4ccccc4c3)ccc(=O)n1C2. The summed E-state index contributed by atoms with van der Waals surface area (Å²) in [6.45, 7) is 2.18. The number of thioether (sulfide) groups is 1. The summed E-state index contributed by atoms with van der Waals surface area (Å²) in [6, 6.07) is 18.5. The summed E-state index contributed by atoms with van der Waals surface area (Å²) in [4.78, 5) is 27.2. The van der Waals surface area contributed by atoms with Crippen LogP contribution in [-0.4, -0.2) is 40.5 Å². The third-order valence-electron chi connectivity index (χ3n) is 6.27. The quantitative estimate of drug-likeness (QED) is 0.663. The number of pyridine rings is 1. The maximum Gasteiger partial charge on any atom is 0.250 e. The van der Waals surface area contributed by atoms with E-state index in [9.17, 15) is 9.59 Å². The molecule has 0 aliphatic carbocycles. The zero-order valence-corrected chi connectivity index (χ0v) is 17.3. The van der Waals surface area contributed by atoms with Crippen LogP contribution in [0, 0.1) is 5.92 Å². The zero-order valence-electron chi connectivity index (χ0n) is 16.5. The van der Waals surface area contributed by atoms with Gasteiger partial charge in [-0.05, 0) is 47.1 Å². The monoisotopic (exact) mass is 404 g/mol. The van der Waals surface area contributed by atoms with Gasteiger partial charge in [-0.25, -0.2) is 0 Å². The van der Waals surface area contributed by atoms with Crippen molar-refractivity contribution in [1.29, 1.82) is 0 Å². The van der Waals surface area contributed by atoms with Crippen molar-refractivity contribution in [1.82, 2.24) is 9.47 Å². The predicted octanol–water partition coefficient (Wildman–Crippen LogP) is 3.98. The van der Waals surface area contributed by atoms with E-state index in [1.54, 1.807) is 17.8 Å². The number of rotatable bonds is 3. The van der Waals surface area contributed by atoms with E-state index in [0.717, 1.165) is 29.8 Å². The lowest BCUT2D eigenvalue weighted by atomic mass is 9.80. The first-order valence-electron chi connectivity index (χ1n) is 10.1. The summed E-state index contributed by atoms with van der Waals surface area (Å²) in [5.41, 5.74) is 3.44. The second-order valence-corrected chi connectivity index (χ2v) is 9.04. The molecule has 3 aromatic rings. The summed E-state index contributed by atoms with van der Waals surface area (Å²) in [5, 5.41) is 2.41. The Labute approximate surface area is 174 Å². The number of amides is 1. The van der Waals surface area contributed by atoms with Crippen molar-refractivity contribution in [2.75, 3.05) is 25.1 Å². The minimum absolute atomic E-state index is 0.0723. The largest absolute Gasteiger partial charge is 0.341 e. The predicted molar refractivity (Wildman–Crippen MR) is 119 cm³/mol. The standard InChI is InChI=1S/C24H24N2O2S/c1-29-15-23(28)25-12-16-10-20(14-25)24-21(8-9-22(27)26(24)13-16)19-7-6-17-4-2-3-5-18(17)11-19/h2-9,11,16,20H,10,12-15H2,1H3/t16-,20+/m0/s1. The van der Waals surface area contributed by atoms with Crippen LogP contribution in [0.15, 0.2) is 59.4 Å². The van der Waals surface area contributed by atoms with Crippen LogP contribution >= 0.6 is 11.8 Å². The molecule has 4 nitrogen and oxygen atoms in total. The molecule has 1 fully saturated rings. The van der Waals surface area contributed by atoms with E-state index in [0.29, 0.717) is 24.8 Å². The molecule has 0 saturated carbocycles. The van der Waals surface area contributed by atoms with E-state index < -0.39 is 0 Å². The van der Waals surface area contributed by atoms with Crippen LogP contribution in [0.2, 0.25) is 0 Å². The topological polar surface area (TPSA) is 42.3 Å². The first-order valence-corrected chi connectivity index (χ1v) is 11.5. The van der Waals surface area contributed by atoms with Gasteiger partial charge in [0.2, 0.25) is 5.91 Å². The van der Waals surface area contributed by atoms with Gasteiger partial charge in [0.05, 0.1) is 5.75 Å². The lowest BCUT2D eigenvalue weighted by Gasteiger charge is -2.43. The molecule has 3 heterocycles. The molecule has 2 aromatic carbocycles. The lowest BCUT2D eigenvalue weighted by Crippen LogP contribution is -2.49. The number of benzene rings is 2. The molecule has 148 valence electrons. The first kappa shape index (κ1) is 18.5. The number of fused-ring (bicyclic) bond motifs is 5. The number of carbonyl (C=O) groups is 1. The Morgan fingerprint density at radius 2 is 1.86 bits per heavy atom. The van der Waals surface area contributed by atoms with Crippen LogP contribution < -0.4 is 5.56 Å². The summed E-state index contributed by atoms with van der Waals surface area (Å²) in [5.74, 6) is 1.31. The van der Waals surface area contributed by atoms with Crippen LogP contribution in [0.5, 0.6) is 0 Å². The molecular weight excluding hydrogens is 380 g/mol. The highest BCUT2D eigenvalue weighted by Crippen LogP contribution is 2.40. The molecule has 0 radical (unpaired) electrons. The highest BCUT2D eigenvalue weighted by Gasteiger charge is 2.37. The molecule has 5 heteroatoms. The van der Waals surface area contributed by atoms with E-state index in [1.807, 2.05) is 27.9 Å². The fourth-order valence-corrected chi connectivity index (χ4v) is 5.46. The molecule has 1 saturated heterocycles. The van der Waals surface area contributed by atoms with E-state index >= 15 is 0 Å². The molecule has 1 amide bonds. The number of carbonyl (C=O) groups excluding carboxylic acids is 1. The fourth-order valence-electron chi connectivity index (χ4n) is 5.03. The molecule has 0 unspecified atom stereocenters. The van der Waals surface area contributed by atoms with Crippen LogP contribution in [0.1, 0.15) is 18.0 Å². The Hall–Kier alpha value is -2.53. The van der Waals surface area contributed by atoms with Crippen LogP contribution in [0.25, 0.3) is 21.9 Å². The Bertz CT molecular complexity index is 1150. The number of hydrogen-bond donors (Lipinski definition) is 0. The lowest BCUT2D eigenvalue weighted by molar-refractivity contribution is -0.131. The summed E-state index contributed by atoms with van der Waals surface area (Å²) in [6.07, 6.45) is 3.02. The van der Waals surface area contributed by atoms with Crippen molar-refractivity contribution in [2.45, 2.75) is 18.9 Å². The summed E-state index contributed by atoms with van der Waals surface area (Å²) >= 11 is 1.57. The van der Waals surface area contributed by atoms with Crippen molar-refractivity contribution >= 4 is 28.4 Å². The van der Waals surface area contributed by atoms with Crippen molar-refractivity contribution in [2.24, 2.45) is 5.92 Å². The fraction of sp³-hybridized carbons (Fsp3) is 0.333. The van der Waals surface area contributed by atoms with E-state index in [2.05, 4.69) is 36.4 Å².